The first kappa shape index (κ1) is 10.3. The van der Waals surface area contributed by atoms with Gasteiger partial charge in [-0.3, -0.25) is 4.79 Å². The second kappa shape index (κ2) is 3.17. The average Bonchev–Trinajstić information content (AvgIpc) is 1.96. The SMILES string of the molecule is C=C(C)[C@@H]1C[C@H](OC(C)=O)C1(C)C. The smallest absolute Gasteiger partial charge is 0.302 e. The Balaban J connectivity index is 2.59. The number of carbonyl (C=O) groups excluding carboxylic acids is 1. The third-order valence-corrected chi connectivity index (χ3v) is 3.08. The van der Waals surface area contributed by atoms with Gasteiger partial charge in [-0.05, 0) is 19.3 Å². The number of carbonyl (C=O) groups is 1. The molecule has 1 aliphatic rings. The molecule has 2 atom stereocenters. The van der Waals surface area contributed by atoms with E-state index in [2.05, 4.69) is 20.4 Å². The van der Waals surface area contributed by atoms with Crippen molar-refractivity contribution in [3.63, 3.8) is 0 Å². The molecule has 0 saturated heterocycles. The predicted octanol–water partition coefficient (Wildman–Crippen LogP) is 2.54. The van der Waals surface area contributed by atoms with Crippen LogP contribution < -0.4 is 0 Å². The molecule has 0 N–H and O–H groups in total. The van der Waals surface area contributed by atoms with Gasteiger partial charge in [0.2, 0.25) is 0 Å². The van der Waals surface area contributed by atoms with Crippen LogP contribution in [-0.4, -0.2) is 12.1 Å². The van der Waals surface area contributed by atoms with Gasteiger partial charge in [0.1, 0.15) is 6.10 Å². The average molecular weight is 182 g/mol. The molecule has 0 aromatic rings. The van der Waals surface area contributed by atoms with Crippen LogP contribution in [0, 0.1) is 11.3 Å². The first-order chi connectivity index (χ1) is 5.85. The van der Waals surface area contributed by atoms with E-state index >= 15 is 0 Å². The van der Waals surface area contributed by atoms with Gasteiger partial charge < -0.3 is 4.74 Å². The predicted molar refractivity (Wildman–Crippen MR) is 52.3 cm³/mol. The van der Waals surface area contributed by atoms with Crippen LogP contribution in [0.3, 0.4) is 0 Å². The second-order valence-electron chi connectivity index (χ2n) is 4.55. The van der Waals surface area contributed by atoms with Crippen LogP contribution in [0.2, 0.25) is 0 Å². The summed E-state index contributed by atoms with van der Waals surface area (Å²) in [5.41, 5.74) is 1.26. The monoisotopic (exact) mass is 182 g/mol. The molecule has 1 rings (SSSR count). The van der Waals surface area contributed by atoms with Gasteiger partial charge in [-0.25, -0.2) is 0 Å². The Morgan fingerprint density at radius 1 is 1.46 bits per heavy atom. The van der Waals surface area contributed by atoms with Crippen molar-refractivity contribution in [2.75, 3.05) is 0 Å². The lowest BCUT2D eigenvalue weighted by Gasteiger charge is -2.51. The van der Waals surface area contributed by atoms with Crippen LogP contribution in [-0.2, 0) is 9.53 Å². The van der Waals surface area contributed by atoms with E-state index in [-0.39, 0.29) is 17.5 Å². The topological polar surface area (TPSA) is 26.3 Å². The summed E-state index contributed by atoms with van der Waals surface area (Å²) < 4.78 is 5.20. The van der Waals surface area contributed by atoms with E-state index in [0.29, 0.717) is 5.92 Å². The van der Waals surface area contributed by atoms with E-state index < -0.39 is 0 Å². The zero-order valence-corrected chi connectivity index (χ0v) is 8.89. The van der Waals surface area contributed by atoms with Gasteiger partial charge in [0.05, 0.1) is 0 Å². The summed E-state index contributed by atoms with van der Waals surface area (Å²) in [5, 5.41) is 0. The molecule has 2 heteroatoms. The summed E-state index contributed by atoms with van der Waals surface area (Å²) in [7, 11) is 0. The van der Waals surface area contributed by atoms with Crippen molar-refractivity contribution in [1.82, 2.24) is 0 Å². The number of hydrogen-bond acceptors (Lipinski definition) is 2. The molecule has 0 heterocycles. The molecule has 1 fully saturated rings. The maximum absolute atomic E-state index is 10.8. The first-order valence-corrected chi connectivity index (χ1v) is 4.68. The third-order valence-electron chi connectivity index (χ3n) is 3.08. The highest BCUT2D eigenvalue weighted by atomic mass is 16.5. The van der Waals surface area contributed by atoms with Gasteiger partial charge in [0, 0.05) is 12.3 Å². The molecule has 1 saturated carbocycles. The van der Waals surface area contributed by atoms with Crippen molar-refractivity contribution < 1.29 is 9.53 Å². The van der Waals surface area contributed by atoms with E-state index in [4.69, 9.17) is 4.74 Å². The maximum atomic E-state index is 10.8. The van der Waals surface area contributed by atoms with Crippen LogP contribution in [0.5, 0.6) is 0 Å². The molecule has 2 nitrogen and oxygen atoms in total. The second-order valence-corrected chi connectivity index (χ2v) is 4.55. The number of allylic oxidation sites excluding steroid dienone is 1. The lowest BCUT2D eigenvalue weighted by atomic mass is 9.58. The molecular formula is C11H18O2. The minimum absolute atomic E-state index is 0.0670. The van der Waals surface area contributed by atoms with E-state index in [9.17, 15) is 4.79 Å². The molecule has 0 aromatic heterocycles. The number of ether oxygens (including phenoxy) is 1. The van der Waals surface area contributed by atoms with Gasteiger partial charge in [0.15, 0.2) is 0 Å². The Kier molecular flexibility index (Phi) is 2.51. The fraction of sp³-hybridized carbons (Fsp3) is 0.727. The Labute approximate surface area is 80.0 Å². The first-order valence-electron chi connectivity index (χ1n) is 4.68. The van der Waals surface area contributed by atoms with E-state index in [0.717, 1.165) is 6.42 Å². The van der Waals surface area contributed by atoms with Crippen molar-refractivity contribution >= 4 is 5.97 Å². The number of esters is 1. The third kappa shape index (κ3) is 1.77. The van der Waals surface area contributed by atoms with Gasteiger partial charge in [0.25, 0.3) is 0 Å². The fourth-order valence-corrected chi connectivity index (χ4v) is 2.12. The van der Waals surface area contributed by atoms with Crippen molar-refractivity contribution in [2.24, 2.45) is 11.3 Å². The number of rotatable bonds is 2. The van der Waals surface area contributed by atoms with Crippen LogP contribution in [0.15, 0.2) is 12.2 Å². The van der Waals surface area contributed by atoms with Crippen molar-refractivity contribution in [3.8, 4) is 0 Å². The molecule has 0 amide bonds. The summed E-state index contributed by atoms with van der Waals surface area (Å²) in [6, 6.07) is 0. The normalized spacial score (nSPS) is 30.5. The van der Waals surface area contributed by atoms with Crippen LogP contribution in [0.1, 0.15) is 34.1 Å². The molecular weight excluding hydrogens is 164 g/mol. The molecule has 1 aliphatic carbocycles. The van der Waals surface area contributed by atoms with Crippen molar-refractivity contribution in [1.29, 1.82) is 0 Å². The molecule has 0 unspecified atom stereocenters. The molecule has 0 aromatic carbocycles. The molecule has 74 valence electrons. The lowest BCUT2D eigenvalue weighted by Crippen LogP contribution is -2.51. The Morgan fingerprint density at radius 3 is 2.31 bits per heavy atom. The Bertz CT molecular complexity index is 240. The molecule has 0 aliphatic heterocycles. The molecule has 0 bridgehead atoms. The highest BCUT2D eigenvalue weighted by Crippen LogP contribution is 2.51. The van der Waals surface area contributed by atoms with Crippen molar-refractivity contribution in [3.05, 3.63) is 12.2 Å². The summed E-state index contributed by atoms with van der Waals surface area (Å²) >= 11 is 0. The quantitative estimate of drug-likeness (QED) is 0.484. The Hall–Kier alpha value is -0.790. The standard InChI is InChI=1S/C11H18O2/c1-7(2)9-6-10(11(9,4)5)13-8(3)12/h9-10H,1,6H2,2-5H3/t9-,10-/m0/s1. The zero-order valence-electron chi connectivity index (χ0n) is 8.89. The van der Waals surface area contributed by atoms with Gasteiger partial charge in [-0.2, -0.15) is 0 Å². The minimum Gasteiger partial charge on any atom is -0.462 e. The van der Waals surface area contributed by atoms with E-state index in [1.807, 2.05) is 6.92 Å². The van der Waals surface area contributed by atoms with Gasteiger partial charge >= 0.3 is 5.97 Å². The van der Waals surface area contributed by atoms with Crippen molar-refractivity contribution in [2.45, 2.75) is 40.2 Å². The van der Waals surface area contributed by atoms with Crippen LogP contribution in [0.4, 0.5) is 0 Å². The summed E-state index contributed by atoms with van der Waals surface area (Å²) in [6.07, 6.45) is 1.01. The Morgan fingerprint density at radius 2 is 2.00 bits per heavy atom. The highest BCUT2D eigenvalue weighted by molar-refractivity contribution is 5.66. The van der Waals surface area contributed by atoms with Gasteiger partial charge in [-0.15, -0.1) is 0 Å². The zero-order chi connectivity index (χ0) is 10.2. The van der Waals surface area contributed by atoms with E-state index in [1.54, 1.807) is 0 Å². The number of hydrogen-bond donors (Lipinski definition) is 0. The molecule has 0 spiro atoms. The lowest BCUT2D eigenvalue weighted by molar-refractivity contribution is -0.170. The molecule has 13 heavy (non-hydrogen) atoms. The van der Waals surface area contributed by atoms with Gasteiger partial charge in [-0.1, -0.05) is 26.0 Å². The molecule has 0 radical (unpaired) electrons. The minimum atomic E-state index is -0.182. The highest BCUT2D eigenvalue weighted by Gasteiger charge is 2.50. The van der Waals surface area contributed by atoms with Crippen LogP contribution in [0.25, 0.3) is 0 Å². The fourth-order valence-electron chi connectivity index (χ4n) is 2.12. The largest absolute Gasteiger partial charge is 0.462 e. The summed E-state index contributed by atoms with van der Waals surface area (Å²) in [6.45, 7) is 11.7. The van der Waals surface area contributed by atoms with E-state index in [1.165, 1.54) is 12.5 Å². The summed E-state index contributed by atoms with van der Waals surface area (Å²) in [4.78, 5) is 10.8. The summed E-state index contributed by atoms with van der Waals surface area (Å²) in [5.74, 6) is 0.315. The maximum Gasteiger partial charge on any atom is 0.302 e. The van der Waals surface area contributed by atoms with Crippen LogP contribution >= 0.6 is 0 Å².